The largest absolute Gasteiger partial charge is 0.392 e. The zero-order chi connectivity index (χ0) is 23.5. The maximum Gasteiger partial charge on any atom is 0.248 e. The van der Waals surface area contributed by atoms with Gasteiger partial charge in [-0.15, -0.1) is 5.10 Å². The van der Waals surface area contributed by atoms with Crippen LogP contribution in [0.1, 0.15) is 44.5 Å². The van der Waals surface area contributed by atoms with Crippen molar-refractivity contribution in [2.75, 3.05) is 13.6 Å². The van der Waals surface area contributed by atoms with E-state index in [2.05, 4.69) is 15.6 Å². The van der Waals surface area contributed by atoms with Crippen LogP contribution in [0.25, 0.3) is 0 Å². The maximum atomic E-state index is 13.5. The minimum atomic E-state index is -0.749. The van der Waals surface area contributed by atoms with Gasteiger partial charge in [0.25, 0.3) is 0 Å². The highest BCUT2D eigenvalue weighted by Gasteiger charge is 2.45. The van der Waals surface area contributed by atoms with Gasteiger partial charge in [0.05, 0.1) is 17.9 Å². The summed E-state index contributed by atoms with van der Waals surface area (Å²) in [5, 5.41) is 31.5. The van der Waals surface area contributed by atoms with Gasteiger partial charge in [-0.05, 0) is 17.4 Å². The van der Waals surface area contributed by atoms with Crippen molar-refractivity contribution in [3.8, 4) is 0 Å². The van der Waals surface area contributed by atoms with Gasteiger partial charge in [0.15, 0.2) is 0 Å². The molecule has 0 saturated carbocycles. The summed E-state index contributed by atoms with van der Waals surface area (Å²) in [6.07, 6.45) is 1.32. The molecule has 1 aromatic carbocycles. The van der Waals surface area contributed by atoms with E-state index < -0.39 is 29.7 Å². The maximum absolute atomic E-state index is 13.5. The molecule has 174 valence electrons. The summed E-state index contributed by atoms with van der Waals surface area (Å²) >= 11 is 0. The van der Waals surface area contributed by atoms with E-state index in [9.17, 15) is 19.8 Å². The first kappa shape index (κ1) is 23.9. The molecule has 9 nitrogen and oxygen atoms in total. The molecule has 2 amide bonds. The number of rotatable bonds is 7. The Kier molecular flexibility index (Phi) is 7.30. The molecule has 1 aromatic heterocycles. The predicted octanol–water partition coefficient (Wildman–Crippen LogP) is 0.719. The van der Waals surface area contributed by atoms with Crippen molar-refractivity contribution in [1.82, 2.24) is 25.2 Å². The molecule has 3 N–H and O–H groups in total. The van der Waals surface area contributed by atoms with Crippen LogP contribution in [-0.4, -0.2) is 73.8 Å². The topological polar surface area (TPSA) is 121 Å². The molecule has 1 fully saturated rings. The monoisotopic (exact) mass is 443 g/mol. The Morgan fingerprint density at radius 3 is 2.53 bits per heavy atom. The molecular formula is C23H33N5O4. The number of amides is 2. The van der Waals surface area contributed by atoms with Crippen molar-refractivity contribution in [2.45, 2.75) is 64.3 Å². The SMILES string of the molecule is CNC(=O)C1CC(O)CN1C(=O)C(n1cc(CC(O)Cc2ccccc2)nn1)C(C)(C)C. The Labute approximate surface area is 188 Å². The molecule has 4 atom stereocenters. The summed E-state index contributed by atoms with van der Waals surface area (Å²) in [5.41, 5.74) is 1.09. The van der Waals surface area contributed by atoms with Crippen LogP contribution < -0.4 is 5.32 Å². The number of hydrogen-bond donors (Lipinski definition) is 3. The van der Waals surface area contributed by atoms with Crippen molar-refractivity contribution in [3.05, 3.63) is 47.8 Å². The quantitative estimate of drug-likeness (QED) is 0.580. The molecule has 3 rings (SSSR count). The fourth-order valence-corrected chi connectivity index (χ4v) is 4.24. The number of aliphatic hydroxyl groups is 2. The van der Waals surface area contributed by atoms with Crippen LogP contribution in [0, 0.1) is 5.41 Å². The molecule has 2 aromatic rings. The highest BCUT2D eigenvalue weighted by molar-refractivity contribution is 5.90. The van der Waals surface area contributed by atoms with Gasteiger partial charge >= 0.3 is 0 Å². The third-order valence-electron chi connectivity index (χ3n) is 5.75. The fraction of sp³-hybridized carbons (Fsp3) is 0.565. The number of likely N-dealkylation sites (tertiary alicyclic amines) is 1. The molecule has 1 aliphatic heterocycles. The Hall–Kier alpha value is -2.78. The lowest BCUT2D eigenvalue weighted by molar-refractivity contribution is -0.144. The number of hydrogen-bond acceptors (Lipinski definition) is 6. The molecule has 1 saturated heterocycles. The highest BCUT2D eigenvalue weighted by Crippen LogP contribution is 2.34. The van der Waals surface area contributed by atoms with E-state index in [1.54, 1.807) is 6.20 Å². The normalized spacial score (nSPS) is 20.8. The summed E-state index contributed by atoms with van der Waals surface area (Å²) in [6.45, 7) is 5.86. The number of likely N-dealkylation sites (N-methyl/N-ethyl adjacent to an activating group) is 1. The van der Waals surface area contributed by atoms with Crippen LogP contribution in [0.2, 0.25) is 0 Å². The van der Waals surface area contributed by atoms with Gasteiger partial charge < -0.3 is 20.4 Å². The Bertz CT molecular complexity index is 924. The second-order valence-corrected chi connectivity index (χ2v) is 9.52. The van der Waals surface area contributed by atoms with Crippen LogP contribution in [0.5, 0.6) is 0 Å². The van der Waals surface area contributed by atoms with Crippen LogP contribution in [-0.2, 0) is 22.4 Å². The molecule has 0 spiro atoms. The first-order chi connectivity index (χ1) is 15.1. The van der Waals surface area contributed by atoms with Gasteiger partial charge in [-0.3, -0.25) is 9.59 Å². The minimum absolute atomic E-state index is 0.0981. The van der Waals surface area contributed by atoms with Crippen molar-refractivity contribution < 1.29 is 19.8 Å². The van der Waals surface area contributed by atoms with Crippen LogP contribution in [0.15, 0.2) is 36.5 Å². The van der Waals surface area contributed by atoms with E-state index in [4.69, 9.17) is 0 Å². The van der Waals surface area contributed by atoms with Gasteiger partial charge in [0.1, 0.15) is 12.1 Å². The molecular weight excluding hydrogens is 410 g/mol. The molecule has 2 heterocycles. The van der Waals surface area contributed by atoms with E-state index in [1.165, 1.54) is 16.6 Å². The number of nitrogens with zero attached hydrogens (tertiary/aromatic N) is 4. The lowest BCUT2D eigenvalue weighted by atomic mass is 9.85. The summed E-state index contributed by atoms with van der Waals surface area (Å²) in [7, 11) is 1.52. The second-order valence-electron chi connectivity index (χ2n) is 9.52. The predicted molar refractivity (Wildman–Crippen MR) is 119 cm³/mol. The van der Waals surface area contributed by atoms with Crippen molar-refractivity contribution >= 4 is 11.8 Å². The lowest BCUT2D eigenvalue weighted by Gasteiger charge is -2.34. The number of benzene rings is 1. The van der Waals surface area contributed by atoms with Crippen LogP contribution >= 0.6 is 0 Å². The van der Waals surface area contributed by atoms with Gasteiger partial charge in [-0.25, -0.2) is 4.68 Å². The number of aliphatic hydroxyl groups excluding tert-OH is 2. The van der Waals surface area contributed by atoms with E-state index in [0.717, 1.165) is 5.56 Å². The standard InChI is InChI=1S/C23H33N5O4/c1-23(2,3)20(22(32)27-14-18(30)12-19(27)21(31)24-4)28-13-16(25-26-28)11-17(29)10-15-8-6-5-7-9-15/h5-9,13,17-20,29-30H,10-12,14H2,1-4H3,(H,24,31). The van der Waals surface area contributed by atoms with E-state index in [1.807, 2.05) is 51.1 Å². The second kappa shape index (κ2) is 9.79. The minimum Gasteiger partial charge on any atom is -0.392 e. The molecule has 32 heavy (non-hydrogen) atoms. The van der Waals surface area contributed by atoms with Gasteiger partial charge in [-0.1, -0.05) is 56.3 Å². The number of carbonyl (C=O) groups excluding carboxylic acids is 2. The zero-order valence-corrected chi connectivity index (χ0v) is 19.1. The molecule has 0 aliphatic carbocycles. The van der Waals surface area contributed by atoms with Crippen LogP contribution in [0.4, 0.5) is 0 Å². The molecule has 0 radical (unpaired) electrons. The van der Waals surface area contributed by atoms with Gasteiger partial charge in [-0.2, -0.15) is 0 Å². The van der Waals surface area contributed by atoms with Crippen LogP contribution in [0.3, 0.4) is 0 Å². The number of aromatic nitrogens is 3. The van der Waals surface area contributed by atoms with Crippen molar-refractivity contribution in [1.29, 1.82) is 0 Å². The third kappa shape index (κ3) is 5.52. The van der Waals surface area contributed by atoms with Crippen molar-refractivity contribution in [3.63, 3.8) is 0 Å². The lowest BCUT2D eigenvalue weighted by Crippen LogP contribution is -2.49. The third-order valence-corrected chi connectivity index (χ3v) is 5.75. The molecule has 9 heteroatoms. The molecule has 1 aliphatic rings. The first-order valence-electron chi connectivity index (χ1n) is 10.9. The smallest absolute Gasteiger partial charge is 0.248 e. The molecule has 4 unspecified atom stereocenters. The van der Waals surface area contributed by atoms with Gasteiger partial charge in [0, 0.05) is 32.6 Å². The van der Waals surface area contributed by atoms with Crippen molar-refractivity contribution in [2.24, 2.45) is 5.41 Å². The number of β-amino-alcohol motifs (C(OH)–C–C–N with tert-alkyl or cyclic N) is 1. The molecule has 0 bridgehead atoms. The Morgan fingerprint density at radius 2 is 1.91 bits per heavy atom. The summed E-state index contributed by atoms with van der Waals surface area (Å²) in [5.74, 6) is -0.588. The number of carbonyl (C=O) groups is 2. The highest BCUT2D eigenvalue weighted by atomic mass is 16.3. The summed E-state index contributed by atoms with van der Waals surface area (Å²) < 4.78 is 1.51. The van der Waals surface area contributed by atoms with E-state index in [-0.39, 0.29) is 24.8 Å². The number of nitrogens with one attached hydrogen (secondary N) is 1. The average Bonchev–Trinajstić information content (AvgIpc) is 3.33. The average molecular weight is 444 g/mol. The van der Waals surface area contributed by atoms with Gasteiger partial charge in [0.2, 0.25) is 11.8 Å². The van der Waals surface area contributed by atoms with E-state index in [0.29, 0.717) is 18.5 Å². The first-order valence-corrected chi connectivity index (χ1v) is 10.9. The zero-order valence-electron chi connectivity index (χ0n) is 19.1. The Morgan fingerprint density at radius 1 is 1.22 bits per heavy atom. The summed E-state index contributed by atoms with van der Waals surface area (Å²) in [4.78, 5) is 27.3. The summed E-state index contributed by atoms with van der Waals surface area (Å²) in [6, 6.07) is 8.27. The van der Waals surface area contributed by atoms with E-state index >= 15 is 0 Å². The fourth-order valence-electron chi connectivity index (χ4n) is 4.24. The Balaban J connectivity index is 1.78.